The van der Waals surface area contributed by atoms with Crippen molar-refractivity contribution in [1.29, 1.82) is 0 Å². The molecular weight excluding hydrogens is 590 g/mol. The van der Waals surface area contributed by atoms with Crippen molar-refractivity contribution in [2.75, 3.05) is 5.75 Å². The van der Waals surface area contributed by atoms with Crippen LogP contribution in [0.5, 0.6) is 0 Å². The largest absolute Gasteiger partial charge is 0.481 e. The van der Waals surface area contributed by atoms with E-state index in [1.807, 2.05) is 27.7 Å². The second-order valence-corrected chi connectivity index (χ2v) is 12.7. The third-order valence-electron chi connectivity index (χ3n) is 6.66. The van der Waals surface area contributed by atoms with Crippen LogP contribution < -0.4 is 26.6 Å². The fraction of sp³-hybridized carbons (Fsp3) is 0.567. The molecule has 1 fully saturated rings. The highest BCUT2D eigenvalue weighted by molar-refractivity contribution is 8.13. The van der Waals surface area contributed by atoms with Gasteiger partial charge in [-0.2, -0.15) is 0 Å². The van der Waals surface area contributed by atoms with Gasteiger partial charge >= 0.3 is 5.97 Å². The molecule has 0 spiro atoms. The highest BCUT2D eigenvalue weighted by Gasteiger charge is 2.35. The molecule has 1 heterocycles. The highest BCUT2D eigenvalue weighted by Crippen LogP contribution is 2.17. The van der Waals surface area contributed by atoms with Gasteiger partial charge in [0.15, 0.2) is 0 Å². The molecule has 5 atom stereocenters. The first-order chi connectivity index (χ1) is 20.7. The molecule has 2 rings (SSSR count). The molecule has 1 aliphatic heterocycles. The molecule has 6 N–H and O–H groups in total. The SMILES string of the molecule is CC(=O)N[C@H]1CSC(=O)[C@H](CC(C)C)NC(=O)[C@H](CC(C)C)NC(=O)[C@H](Cc2ccccc2)NC(=O)[C@H](CC(=O)O)NC1=O. The average Bonchev–Trinajstić information content (AvgIpc) is 2.92. The fourth-order valence-corrected chi connectivity index (χ4v) is 5.54. The molecule has 0 aliphatic carbocycles. The van der Waals surface area contributed by atoms with E-state index in [9.17, 15) is 38.7 Å². The molecule has 0 saturated carbocycles. The number of carbonyl (C=O) groups is 7. The van der Waals surface area contributed by atoms with Gasteiger partial charge in [-0.25, -0.2) is 0 Å². The Morgan fingerprint density at radius 3 is 1.86 bits per heavy atom. The lowest BCUT2D eigenvalue weighted by Gasteiger charge is -2.28. The van der Waals surface area contributed by atoms with Crippen LogP contribution in [0.3, 0.4) is 0 Å². The number of amides is 5. The van der Waals surface area contributed by atoms with E-state index in [2.05, 4.69) is 26.6 Å². The Bertz CT molecular complexity index is 1210. The zero-order valence-electron chi connectivity index (χ0n) is 25.7. The Morgan fingerprint density at radius 1 is 0.795 bits per heavy atom. The zero-order valence-corrected chi connectivity index (χ0v) is 26.5. The third kappa shape index (κ3) is 12.3. The number of carboxylic acids is 1. The normalized spacial score (nSPS) is 24.2. The summed E-state index contributed by atoms with van der Waals surface area (Å²) in [6, 6.07) is 2.61. The monoisotopic (exact) mass is 633 g/mol. The summed E-state index contributed by atoms with van der Waals surface area (Å²) in [7, 11) is 0. The Balaban J connectivity index is 2.58. The van der Waals surface area contributed by atoms with Crippen molar-refractivity contribution in [2.24, 2.45) is 11.8 Å². The second-order valence-electron chi connectivity index (χ2n) is 11.7. The van der Waals surface area contributed by atoms with Crippen LogP contribution >= 0.6 is 11.8 Å². The molecule has 5 amide bonds. The van der Waals surface area contributed by atoms with Crippen molar-refractivity contribution in [3.63, 3.8) is 0 Å². The van der Waals surface area contributed by atoms with E-state index in [0.29, 0.717) is 5.56 Å². The van der Waals surface area contributed by atoms with Crippen molar-refractivity contribution in [3.05, 3.63) is 35.9 Å². The van der Waals surface area contributed by atoms with Gasteiger partial charge in [0.1, 0.15) is 24.2 Å². The summed E-state index contributed by atoms with van der Waals surface area (Å²) in [5, 5.41) is 21.8. The number of aliphatic carboxylic acids is 1. The van der Waals surface area contributed by atoms with Gasteiger partial charge in [-0.1, -0.05) is 69.8 Å². The summed E-state index contributed by atoms with van der Waals surface area (Å²) < 4.78 is 0. The van der Waals surface area contributed by atoms with E-state index in [0.717, 1.165) is 11.8 Å². The minimum atomic E-state index is -1.61. The maximum atomic E-state index is 13.7. The first-order valence-electron chi connectivity index (χ1n) is 14.6. The average molecular weight is 634 g/mol. The van der Waals surface area contributed by atoms with Crippen molar-refractivity contribution < 1.29 is 38.7 Å². The first-order valence-corrected chi connectivity index (χ1v) is 15.6. The molecule has 44 heavy (non-hydrogen) atoms. The van der Waals surface area contributed by atoms with E-state index in [1.54, 1.807) is 30.3 Å². The summed E-state index contributed by atoms with van der Waals surface area (Å²) in [6.07, 6.45) is -0.293. The number of rotatable bonds is 9. The number of thioether (sulfide) groups is 1. The van der Waals surface area contributed by atoms with Crippen molar-refractivity contribution in [1.82, 2.24) is 26.6 Å². The summed E-state index contributed by atoms with van der Waals surface area (Å²) in [5.74, 6) is -5.36. The van der Waals surface area contributed by atoms with Crippen molar-refractivity contribution in [3.8, 4) is 0 Å². The van der Waals surface area contributed by atoms with Crippen LogP contribution in [0.1, 0.15) is 59.4 Å². The van der Waals surface area contributed by atoms with E-state index < -0.39 is 77.3 Å². The van der Waals surface area contributed by atoms with Crippen LogP contribution in [-0.2, 0) is 40.0 Å². The number of hydrogen-bond acceptors (Lipinski definition) is 8. The second kappa shape index (κ2) is 17.4. The first kappa shape index (κ1) is 36.3. The van der Waals surface area contributed by atoms with Crippen LogP contribution in [0.4, 0.5) is 0 Å². The number of carboxylic acid groups (broad SMARTS) is 1. The Kier molecular flexibility index (Phi) is 14.3. The minimum absolute atomic E-state index is 0.00177. The van der Waals surface area contributed by atoms with E-state index >= 15 is 0 Å². The van der Waals surface area contributed by atoms with E-state index in [1.165, 1.54) is 6.92 Å². The van der Waals surface area contributed by atoms with Gasteiger partial charge in [0.2, 0.25) is 34.7 Å². The number of nitrogens with one attached hydrogen (secondary N) is 5. The highest BCUT2D eigenvalue weighted by atomic mass is 32.2. The predicted molar refractivity (Wildman–Crippen MR) is 164 cm³/mol. The van der Waals surface area contributed by atoms with Gasteiger partial charge < -0.3 is 31.7 Å². The van der Waals surface area contributed by atoms with E-state index in [4.69, 9.17) is 0 Å². The summed E-state index contributed by atoms with van der Waals surface area (Å²) in [6.45, 7) is 8.67. The number of benzene rings is 1. The summed E-state index contributed by atoms with van der Waals surface area (Å²) in [5.41, 5.74) is 0.677. The maximum absolute atomic E-state index is 13.7. The van der Waals surface area contributed by atoms with Crippen molar-refractivity contribution >= 4 is 52.4 Å². The lowest BCUT2D eigenvalue weighted by Crippen LogP contribution is -2.60. The van der Waals surface area contributed by atoms with Crippen molar-refractivity contribution in [2.45, 2.75) is 90.5 Å². The van der Waals surface area contributed by atoms with Crippen LogP contribution in [0.2, 0.25) is 0 Å². The van der Waals surface area contributed by atoms with E-state index in [-0.39, 0.29) is 36.9 Å². The molecule has 1 aromatic carbocycles. The lowest BCUT2D eigenvalue weighted by molar-refractivity contribution is -0.141. The van der Waals surface area contributed by atoms with Crippen LogP contribution in [-0.4, -0.2) is 81.7 Å². The number of carbonyl (C=O) groups excluding carboxylic acids is 6. The van der Waals surface area contributed by atoms with Gasteiger partial charge in [-0.3, -0.25) is 33.6 Å². The molecule has 14 heteroatoms. The Labute approximate surface area is 261 Å². The summed E-state index contributed by atoms with van der Waals surface area (Å²) >= 11 is 0.718. The van der Waals surface area contributed by atoms with Gasteiger partial charge in [0, 0.05) is 19.1 Å². The smallest absolute Gasteiger partial charge is 0.305 e. The van der Waals surface area contributed by atoms with Gasteiger partial charge in [0.25, 0.3) is 0 Å². The van der Waals surface area contributed by atoms with Gasteiger partial charge in [-0.05, 0) is 30.2 Å². The molecule has 242 valence electrons. The van der Waals surface area contributed by atoms with Crippen LogP contribution in [0.25, 0.3) is 0 Å². The molecule has 0 bridgehead atoms. The molecule has 0 unspecified atom stereocenters. The Morgan fingerprint density at radius 2 is 1.30 bits per heavy atom. The zero-order chi connectivity index (χ0) is 33.0. The Hall–Kier alpha value is -3.94. The van der Waals surface area contributed by atoms with Gasteiger partial charge in [-0.15, -0.1) is 0 Å². The molecule has 1 aliphatic rings. The molecule has 1 aromatic rings. The summed E-state index contributed by atoms with van der Waals surface area (Å²) in [4.78, 5) is 90.6. The lowest BCUT2D eigenvalue weighted by atomic mass is 9.99. The molecular formula is C30H43N5O8S. The topological polar surface area (TPSA) is 200 Å². The minimum Gasteiger partial charge on any atom is -0.481 e. The van der Waals surface area contributed by atoms with Crippen LogP contribution in [0, 0.1) is 11.8 Å². The van der Waals surface area contributed by atoms with Crippen LogP contribution in [0.15, 0.2) is 30.3 Å². The maximum Gasteiger partial charge on any atom is 0.305 e. The molecule has 0 radical (unpaired) electrons. The molecule has 13 nitrogen and oxygen atoms in total. The van der Waals surface area contributed by atoms with Gasteiger partial charge in [0.05, 0.1) is 12.5 Å². The quantitative estimate of drug-likeness (QED) is 0.224. The molecule has 1 saturated heterocycles. The number of hydrogen-bond donors (Lipinski definition) is 6. The third-order valence-corrected chi connectivity index (χ3v) is 7.73. The molecule has 0 aromatic heterocycles. The predicted octanol–water partition coefficient (Wildman–Crippen LogP) is 0.513. The fourth-order valence-electron chi connectivity index (χ4n) is 4.61. The standard InChI is InChI=1S/C30H43N5O8S/c1-16(2)11-20-26(39)35-23(12-17(3)4)30(43)44-15-24(31-18(5)36)29(42)34-22(14-25(37)38)28(41)33-21(27(40)32-20)13-19-9-7-6-8-10-19/h6-10,16-17,20-24H,11-15H2,1-5H3,(H,31,36)(H,32,40)(H,33,41)(H,34,42)(H,35,39)(H,37,38)/t20-,21-,22-,23-,24-/m0/s1.